The molecule has 17 heavy (non-hydrogen) atoms. The summed E-state index contributed by atoms with van der Waals surface area (Å²) < 4.78 is 5.21. The average Bonchev–Trinajstić information content (AvgIpc) is 2.29. The van der Waals surface area contributed by atoms with Crippen LogP contribution in [0.4, 0.5) is 5.69 Å². The van der Waals surface area contributed by atoms with E-state index in [1.165, 1.54) is 0 Å². The Balaban J connectivity index is 2.60. The molecule has 1 N–H and O–H groups in total. The lowest BCUT2D eigenvalue weighted by molar-refractivity contribution is -0.116. The van der Waals surface area contributed by atoms with Gasteiger partial charge in [0, 0.05) is 6.42 Å². The van der Waals surface area contributed by atoms with Gasteiger partial charge < -0.3 is 10.1 Å². The molecule has 1 rings (SSSR count). The van der Waals surface area contributed by atoms with E-state index >= 15 is 0 Å². The van der Waals surface area contributed by atoms with Crippen molar-refractivity contribution in [2.45, 2.75) is 39.5 Å². The van der Waals surface area contributed by atoms with Crippen LogP contribution < -0.4 is 10.1 Å². The smallest absolute Gasteiger partial charge is 0.224 e. The molecule has 0 radical (unpaired) electrons. The largest absolute Gasteiger partial charge is 0.495 e. The predicted octanol–water partition coefficient (Wildman–Crippen LogP) is 3.52. The van der Waals surface area contributed by atoms with Crippen LogP contribution in [0.25, 0.3) is 0 Å². The van der Waals surface area contributed by atoms with Gasteiger partial charge in [0.15, 0.2) is 0 Å². The van der Waals surface area contributed by atoms with Crippen LogP contribution in [0.1, 0.15) is 38.2 Å². The summed E-state index contributed by atoms with van der Waals surface area (Å²) in [6.45, 7) is 4.12. The molecule has 0 aliphatic rings. The number of carbonyl (C=O) groups is 1. The first-order chi connectivity index (χ1) is 8.17. The number of ether oxygens (including phenoxy) is 1. The van der Waals surface area contributed by atoms with Gasteiger partial charge in [-0.2, -0.15) is 0 Å². The highest BCUT2D eigenvalue weighted by Crippen LogP contribution is 2.25. The van der Waals surface area contributed by atoms with Crippen molar-refractivity contribution < 1.29 is 9.53 Å². The summed E-state index contributed by atoms with van der Waals surface area (Å²) in [4.78, 5) is 11.7. The van der Waals surface area contributed by atoms with Crippen LogP contribution in [0, 0.1) is 6.92 Å². The van der Waals surface area contributed by atoms with Crippen molar-refractivity contribution in [1.29, 1.82) is 0 Å². The van der Waals surface area contributed by atoms with Crippen molar-refractivity contribution in [3.63, 3.8) is 0 Å². The second-order valence-electron chi connectivity index (χ2n) is 4.21. The number of anilines is 1. The molecular formula is C14H21NO2. The monoisotopic (exact) mass is 235 g/mol. The Hall–Kier alpha value is -1.51. The molecule has 0 fully saturated rings. The Kier molecular flexibility index (Phi) is 5.53. The van der Waals surface area contributed by atoms with Gasteiger partial charge in [0.2, 0.25) is 5.91 Å². The Morgan fingerprint density at radius 2 is 2.12 bits per heavy atom. The lowest BCUT2D eigenvalue weighted by atomic mass is 10.1. The fourth-order valence-corrected chi connectivity index (χ4v) is 1.67. The minimum absolute atomic E-state index is 0.0577. The third-order valence-corrected chi connectivity index (χ3v) is 2.64. The quantitative estimate of drug-likeness (QED) is 0.766. The third kappa shape index (κ3) is 4.47. The van der Waals surface area contributed by atoms with Crippen LogP contribution in [-0.4, -0.2) is 13.0 Å². The first-order valence-corrected chi connectivity index (χ1v) is 6.12. The van der Waals surface area contributed by atoms with Crippen LogP contribution in [0.2, 0.25) is 0 Å². The van der Waals surface area contributed by atoms with Gasteiger partial charge in [-0.25, -0.2) is 0 Å². The van der Waals surface area contributed by atoms with Gasteiger partial charge in [0.05, 0.1) is 12.8 Å². The highest BCUT2D eigenvalue weighted by molar-refractivity contribution is 5.92. The summed E-state index contributed by atoms with van der Waals surface area (Å²) in [5.41, 5.74) is 1.86. The SMILES string of the molecule is CCCCCC(=O)Nc1cc(C)ccc1OC. The van der Waals surface area contributed by atoms with E-state index in [2.05, 4.69) is 12.2 Å². The number of benzene rings is 1. The second-order valence-corrected chi connectivity index (χ2v) is 4.21. The highest BCUT2D eigenvalue weighted by atomic mass is 16.5. The summed E-state index contributed by atoms with van der Waals surface area (Å²) in [6, 6.07) is 5.76. The molecule has 1 amide bonds. The minimum Gasteiger partial charge on any atom is -0.495 e. The van der Waals surface area contributed by atoms with Crippen molar-refractivity contribution in [2.24, 2.45) is 0 Å². The van der Waals surface area contributed by atoms with E-state index in [4.69, 9.17) is 4.74 Å². The van der Waals surface area contributed by atoms with Crippen molar-refractivity contribution >= 4 is 11.6 Å². The zero-order valence-electron chi connectivity index (χ0n) is 10.9. The number of nitrogens with one attached hydrogen (secondary N) is 1. The second kappa shape index (κ2) is 6.94. The van der Waals surface area contributed by atoms with Crippen molar-refractivity contribution in [3.05, 3.63) is 23.8 Å². The number of amides is 1. The van der Waals surface area contributed by atoms with E-state index in [0.29, 0.717) is 12.2 Å². The van der Waals surface area contributed by atoms with E-state index in [0.717, 1.165) is 30.5 Å². The van der Waals surface area contributed by atoms with Gasteiger partial charge in [-0.3, -0.25) is 4.79 Å². The summed E-state index contributed by atoms with van der Waals surface area (Å²) >= 11 is 0. The Labute approximate surface area is 103 Å². The normalized spacial score (nSPS) is 10.1. The molecular weight excluding hydrogens is 214 g/mol. The lowest BCUT2D eigenvalue weighted by Crippen LogP contribution is -2.12. The molecule has 0 aliphatic heterocycles. The maximum absolute atomic E-state index is 11.7. The highest BCUT2D eigenvalue weighted by Gasteiger charge is 2.07. The molecule has 0 aromatic heterocycles. The predicted molar refractivity (Wildman–Crippen MR) is 70.5 cm³/mol. The van der Waals surface area contributed by atoms with Crippen LogP contribution in [0.15, 0.2) is 18.2 Å². The number of aryl methyl sites for hydroxylation is 1. The molecule has 1 aromatic rings. The van der Waals surface area contributed by atoms with E-state index in [1.54, 1.807) is 7.11 Å². The molecule has 0 spiro atoms. The summed E-state index contributed by atoms with van der Waals surface area (Å²) in [5, 5.41) is 2.90. The van der Waals surface area contributed by atoms with E-state index in [-0.39, 0.29) is 5.91 Å². The number of unbranched alkanes of at least 4 members (excludes halogenated alkanes) is 2. The minimum atomic E-state index is 0.0577. The molecule has 94 valence electrons. The molecule has 1 aromatic carbocycles. The number of carbonyl (C=O) groups excluding carboxylic acids is 1. The number of hydrogen-bond acceptors (Lipinski definition) is 2. The third-order valence-electron chi connectivity index (χ3n) is 2.64. The lowest BCUT2D eigenvalue weighted by Gasteiger charge is -2.10. The van der Waals surface area contributed by atoms with Gasteiger partial charge in [0.1, 0.15) is 5.75 Å². The number of hydrogen-bond donors (Lipinski definition) is 1. The molecule has 0 atom stereocenters. The molecule has 0 aliphatic carbocycles. The molecule has 0 heterocycles. The fourth-order valence-electron chi connectivity index (χ4n) is 1.67. The van der Waals surface area contributed by atoms with Crippen LogP contribution in [-0.2, 0) is 4.79 Å². The van der Waals surface area contributed by atoms with Gasteiger partial charge in [-0.15, -0.1) is 0 Å². The molecule has 0 bridgehead atoms. The van der Waals surface area contributed by atoms with Crippen LogP contribution in [0.5, 0.6) is 5.75 Å². The summed E-state index contributed by atoms with van der Waals surface area (Å²) in [6.07, 6.45) is 3.74. The molecule has 0 saturated heterocycles. The Bertz CT molecular complexity index is 374. The zero-order chi connectivity index (χ0) is 12.7. The van der Waals surface area contributed by atoms with Crippen molar-refractivity contribution in [2.75, 3.05) is 12.4 Å². The summed E-state index contributed by atoms with van der Waals surface area (Å²) in [5.74, 6) is 0.766. The molecule has 0 unspecified atom stereocenters. The molecule has 0 saturated carbocycles. The standard InChI is InChI=1S/C14H21NO2/c1-4-5-6-7-14(16)15-12-10-11(2)8-9-13(12)17-3/h8-10H,4-7H2,1-3H3,(H,15,16). The Morgan fingerprint density at radius 3 is 2.76 bits per heavy atom. The summed E-state index contributed by atoms with van der Waals surface area (Å²) in [7, 11) is 1.61. The van der Waals surface area contributed by atoms with Crippen LogP contribution in [0.3, 0.4) is 0 Å². The van der Waals surface area contributed by atoms with Gasteiger partial charge in [-0.05, 0) is 31.0 Å². The maximum Gasteiger partial charge on any atom is 0.224 e. The number of methoxy groups -OCH3 is 1. The fraction of sp³-hybridized carbons (Fsp3) is 0.500. The maximum atomic E-state index is 11.7. The first-order valence-electron chi connectivity index (χ1n) is 6.12. The topological polar surface area (TPSA) is 38.3 Å². The first kappa shape index (κ1) is 13.6. The van der Waals surface area contributed by atoms with Gasteiger partial charge in [-0.1, -0.05) is 25.8 Å². The Morgan fingerprint density at radius 1 is 1.35 bits per heavy atom. The van der Waals surface area contributed by atoms with Crippen molar-refractivity contribution in [1.82, 2.24) is 0 Å². The average molecular weight is 235 g/mol. The molecule has 3 heteroatoms. The van der Waals surface area contributed by atoms with Crippen molar-refractivity contribution in [3.8, 4) is 5.75 Å². The van der Waals surface area contributed by atoms with Gasteiger partial charge >= 0.3 is 0 Å². The van der Waals surface area contributed by atoms with E-state index < -0.39 is 0 Å². The van der Waals surface area contributed by atoms with E-state index in [9.17, 15) is 4.79 Å². The van der Waals surface area contributed by atoms with Gasteiger partial charge in [0.25, 0.3) is 0 Å². The molecule has 3 nitrogen and oxygen atoms in total. The van der Waals surface area contributed by atoms with E-state index in [1.807, 2.05) is 25.1 Å². The number of rotatable bonds is 6. The zero-order valence-corrected chi connectivity index (χ0v) is 10.9. The van der Waals surface area contributed by atoms with Crippen LogP contribution >= 0.6 is 0 Å².